The molecule has 1 aromatic carbocycles. The molecule has 0 spiro atoms. The van der Waals surface area contributed by atoms with Crippen LogP contribution in [-0.4, -0.2) is 6.61 Å². The first-order valence-corrected chi connectivity index (χ1v) is 6.67. The number of hydrogen-bond acceptors (Lipinski definition) is 3. The summed E-state index contributed by atoms with van der Waals surface area (Å²) in [5, 5.41) is 2.07. The van der Waals surface area contributed by atoms with Gasteiger partial charge >= 0.3 is 0 Å². The first kappa shape index (κ1) is 12.1. The second-order valence-corrected chi connectivity index (χ2v) is 5.01. The molecular weight excluding hydrogens is 230 g/mol. The van der Waals surface area contributed by atoms with Crippen LogP contribution in [0, 0.1) is 0 Å². The van der Waals surface area contributed by atoms with Gasteiger partial charge in [-0.25, -0.2) is 0 Å². The highest BCUT2D eigenvalue weighted by atomic mass is 32.1. The van der Waals surface area contributed by atoms with Crippen LogP contribution in [0.25, 0.3) is 0 Å². The Kier molecular flexibility index (Phi) is 4.59. The highest BCUT2D eigenvalue weighted by Crippen LogP contribution is 2.11. The van der Waals surface area contributed by atoms with Gasteiger partial charge < -0.3 is 10.5 Å². The lowest BCUT2D eigenvalue weighted by atomic mass is 10.1. The van der Waals surface area contributed by atoms with Crippen LogP contribution >= 0.6 is 11.3 Å². The molecule has 0 bridgehead atoms. The van der Waals surface area contributed by atoms with E-state index in [1.165, 1.54) is 10.4 Å². The molecule has 90 valence electrons. The van der Waals surface area contributed by atoms with Crippen LogP contribution < -0.4 is 5.73 Å². The van der Waals surface area contributed by atoms with Crippen molar-refractivity contribution in [2.24, 2.45) is 0 Å². The van der Waals surface area contributed by atoms with E-state index in [1.54, 1.807) is 11.3 Å². The van der Waals surface area contributed by atoms with E-state index >= 15 is 0 Å². The molecule has 2 N–H and O–H groups in total. The van der Waals surface area contributed by atoms with Crippen molar-refractivity contribution < 1.29 is 4.74 Å². The van der Waals surface area contributed by atoms with E-state index in [-0.39, 0.29) is 0 Å². The molecule has 0 aliphatic heterocycles. The smallest absolute Gasteiger partial charge is 0.0809 e. The van der Waals surface area contributed by atoms with Crippen molar-refractivity contribution in [2.75, 3.05) is 12.3 Å². The summed E-state index contributed by atoms with van der Waals surface area (Å²) in [5.41, 5.74) is 7.84. The molecule has 0 saturated heterocycles. The van der Waals surface area contributed by atoms with Gasteiger partial charge in [0.15, 0.2) is 0 Å². The predicted molar refractivity (Wildman–Crippen MR) is 73.2 cm³/mol. The summed E-state index contributed by atoms with van der Waals surface area (Å²) >= 11 is 1.74. The van der Waals surface area contributed by atoms with Crippen molar-refractivity contribution in [3.63, 3.8) is 0 Å². The van der Waals surface area contributed by atoms with E-state index in [0.717, 1.165) is 31.7 Å². The zero-order valence-corrected chi connectivity index (χ0v) is 10.6. The molecule has 17 heavy (non-hydrogen) atoms. The number of aryl methyl sites for hydroxylation is 1. The SMILES string of the molecule is Nc1cccc(CCCOCc2cccs2)c1. The highest BCUT2D eigenvalue weighted by Gasteiger charge is 1.96. The molecule has 0 fully saturated rings. The number of nitrogen functional groups attached to an aromatic ring is 1. The molecule has 0 amide bonds. The summed E-state index contributed by atoms with van der Waals surface area (Å²) in [4.78, 5) is 1.29. The van der Waals surface area contributed by atoms with Gasteiger partial charge in [-0.15, -0.1) is 11.3 Å². The van der Waals surface area contributed by atoms with Crippen molar-refractivity contribution in [3.8, 4) is 0 Å². The summed E-state index contributed by atoms with van der Waals surface area (Å²) in [7, 11) is 0. The van der Waals surface area contributed by atoms with Crippen molar-refractivity contribution >= 4 is 17.0 Å². The maximum Gasteiger partial charge on any atom is 0.0809 e. The van der Waals surface area contributed by atoms with E-state index in [0.29, 0.717) is 0 Å². The second-order valence-electron chi connectivity index (χ2n) is 3.98. The molecule has 0 saturated carbocycles. The quantitative estimate of drug-likeness (QED) is 0.626. The van der Waals surface area contributed by atoms with Gasteiger partial charge in [-0.1, -0.05) is 18.2 Å². The molecule has 0 unspecified atom stereocenters. The Morgan fingerprint density at radius 2 is 2.12 bits per heavy atom. The second kappa shape index (κ2) is 6.42. The van der Waals surface area contributed by atoms with Gasteiger partial charge in [-0.05, 0) is 42.0 Å². The number of thiophene rings is 1. The monoisotopic (exact) mass is 247 g/mol. The third kappa shape index (κ3) is 4.21. The zero-order valence-electron chi connectivity index (χ0n) is 9.76. The Bertz CT molecular complexity index is 439. The lowest BCUT2D eigenvalue weighted by molar-refractivity contribution is 0.121. The van der Waals surface area contributed by atoms with Crippen LogP contribution in [0.1, 0.15) is 16.9 Å². The van der Waals surface area contributed by atoms with Gasteiger partial charge in [0, 0.05) is 17.2 Å². The van der Waals surface area contributed by atoms with E-state index in [9.17, 15) is 0 Å². The van der Waals surface area contributed by atoms with Crippen molar-refractivity contribution in [1.29, 1.82) is 0 Å². The van der Waals surface area contributed by atoms with Gasteiger partial charge in [0.1, 0.15) is 0 Å². The van der Waals surface area contributed by atoms with Crippen molar-refractivity contribution in [3.05, 3.63) is 52.2 Å². The fourth-order valence-electron chi connectivity index (χ4n) is 1.69. The van der Waals surface area contributed by atoms with E-state index in [1.807, 2.05) is 18.2 Å². The Morgan fingerprint density at radius 1 is 1.18 bits per heavy atom. The number of benzene rings is 1. The summed E-state index contributed by atoms with van der Waals surface area (Å²) in [6.45, 7) is 1.53. The van der Waals surface area contributed by atoms with Crippen LogP contribution in [0.5, 0.6) is 0 Å². The van der Waals surface area contributed by atoms with Gasteiger partial charge in [-0.3, -0.25) is 0 Å². The molecule has 1 heterocycles. The molecule has 2 aromatic rings. The van der Waals surface area contributed by atoms with E-state index in [2.05, 4.69) is 23.6 Å². The van der Waals surface area contributed by atoms with Crippen LogP contribution in [-0.2, 0) is 17.8 Å². The molecule has 1 aromatic heterocycles. The molecule has 0 atom stereocenters. The topological polar surface area (TPSA) is 35.2 Å². The van der Waals surface area contributed by atoms with Crippen LogP contribution in [0.4, 0.5) is 5.69 Å². The molecule has 0 aliphatic carbocycles. The minimum atomic E-state index is 0.731. The normalized spacial score (nSPS) is 10.6. The van der Waals surface area contributed by atoms with Gasteiger partial charge in [0.25, 0.3) is 0 Å². The average molecular weight is 247 g/mol. The Morgan fingerprint density at radius 3 is 2.88 bits per heavy atom. The fraction of sp³-hybridized carbons (Fsp3) is 0.286. The number of rotatable bonds is 6. The number of anilines is 1. The molecule has 3 heteroatoms. The van der Waals surface area contributed by atoms with Gasteiger partial charge in [-0.2, -0.15) is 0 Å². The van der Waals surface area contributed by atoms with Crippen LogP contribution in [0.2, 0.25) is 0 Å². The summed E-state index contributed by atoms with van der Waals surface area (Å²) in [6, 6.07) is 12.2. The Hall–Kier alpha value is -1.32. The molecule has 0 radical (unpaired) electrons. The average Bonchev–Trinajstić information content (AvgIpc) is 2.82. The maximum absolute atomic E-state index is 5.72. The summed E-state index contributed by atoms with van der Waals surface area (Å²) in [6.07, 6.45) is 2.06. The Labute approximate surface area is 106 Å². The largest absolute Gasteiger partial charge is 0.399 e. The first-order chi connectivity index (χ1) is 8.34. The van der Waals surface area contributed by atoms with E-state index in [4.69, 9.17) is 10.5 Å². The molecule has 0 aliphatic rings. The zero-order chi connectivity index (χ0) is 11.9. The number of ether oxygens (including phenoxy) is 1. The third-order valence-electron chi connectivity index (χ3n) is 2.53. The third-order valence-corrected chi connectivity index (χ3v) is 3.38. The first-order valence-electron chi connectivity index (χ1n) is 5.79. The van der Waals surface area contributed by atoms with Gasteiger partial charge in [0.05, 0.1) is 6.61 Å². The fourth-order valence-corrected chi connectivity index (χ4v) is 2.33. The Balaban J connectivity index is 1.63. The number of hydrogen-bond donors (Lipinski definition) is 1. The minimum absolute atomic E-state index is 0.731. The lowest BCUT2D eigenvalue weighted by Gasteiger charge is -2.04. The predicted octanol–water partition coefficient (Wildman–Crippen LogP) is 3.48. The highest BCUT2D eigenvalue weighted by molar-refractivity contribution is 7.09. The van der Waals surface area contributed by atoms with Crippen molar-refractivity contribution in [1.82, 2.24) is 0 Å². The summed E-state index contributed by atoms with van der Waals surface area (Å²) < 4.78 is 5.61. The minimum Gasteiger partial charge on any atom is -0.399 e. The van der Waals surface area contributed by atoms with E-state index < -0.39 is 0 Å². The standard InChI is InChI=1S/C14H17NOS/c15-13-6-1-4-12(10-13)5-2-8-16-11-14-7-3-9-17-14/h1,3-4,6-7,9-10H,2,5,8,11,15H2. The van der Waals surface area contributed by atoms with Crippen LogP contribution in [0.15, 0.2) is 41.8 Å². The summed E-state index contributed by atoms with van der Waals surface area (Å²) in [5.74, 6) is 0. The lowest BCUT2D eigenvalue weighted by Crippen LogP contribution is -1.97. The molecule has 2 rings (SSSR count). The number of nitrogens with two attached hydrogens (primary N) is 1. The molecule has 2 nitrogen and oxygen atoms in total. The molecular formula is C14H17NOS. The van der Waals surface area contributed by atoms with Gasteiger partial charge in [0.2, 0.25) is 0 Å². The van der Waals surface area contributed by atoms with Crippen LogP contribution in [0.3, 0.4) is 0 Å². The van der Waals surface area contributed by atoms with Crippen molar-refractivity contribution in [2.45, 2.75) is 19.4 Å². The maximum atomic E-state index is 5.72.